The summed E-state index contributed by atoms with van der Waals surface area (Å²) < 4.78 is 9.13. The molecule has 1 N–H and O–H groups in total. The van der Waals surface area contributed by atoms with E-state index >= 15 is 0 Å². The second-order valence-corrected chi connectivity index (χ2v) is 5.34. The van der Waals surface area contributed by atoms with E-state index < -0.39 is 0 Å². The van der Waals surface area contributed by atoms with Gasteiger partial charge >= 0.3 is 0 Å². The number of hydrogen-bond acceptors (Lipinski definition) is 5. The third-order valence-corrected chi connectivity index (χ3v) is 3.79. The molecule has 24 heavy (non-hydrogen) atoms. The minimum Gasteiger partial charge on any atom is -0.495 e. The topological polar surface area (TPSA) is 69.3 Å². The van der Waals surface area contributed by atoms with Gasteiger partial charge in [0.05, 0.1) is 30.9 Å². The monoisotopic (exact) mass is 320 g/mol. The van der Waals surface area contributed by atoms with Gasteiger partial charge in [0, 0.05) is 31.2 Å². The first-order valence-corrected chi connectivity index (χ1v) is 7.47. The van der Waals surface area contributed by atoms with Gasteiger partial charge in [-0.25, -0.2) is 9.97 Å². The lowest BCUT2D eigenvalue weighted by atomic mass is 10.3. The molecule has 0 unspecified atom stereocenters. The molecule has 3 heterocycles. The van der Waals surface area contributed by atoms with Gasteiger partial charge in [-0.3, -0.25) is 9.08 Å². The number of anilines is 2. The number of rotatable bonds is 4. The van der Waals surface area contributed by atoms with E-state index in [1.54, 1.807) is 18.0 Å². The van der Waals surface area contributed by atoms with Gasteiger partial charge < -0.3 is 10.1 Å². The minimum atomic E-state index is 0.664. The molecule has 0 aliphatic carbocycles. The number of aryl methyl sites for hydroxylation is 1. The molecule has 4 aromatic rings. The smallest absolute Gasteiger partial charge is 0.180 e. The molecule has 0 saturated heterocycles. The molecule has 0 amide bonds. The Labute approximate surface area is 138 Å². The number of fused-ring (bicyclic) bond motifs is 1. The molecule has 0 aliphatic rings. The van der Waals surface area contributed by atoms with Crippen molar-refractivity contribution in [3.8, 4) is 17.0 Å². The summed E-state index contributed by atoms with van der Waals surface area (Å²) in [4.78, 5) is 8.93. The Morgan fingerprint density at radius 3 is 2.79 bits per heavy atom. The maximum absolute atomic E-state index is 5.38. The number of benzene rings is 1. The summed E-state index contributed by atoms with van der Waals surface area (Å²) in [5, 5.41) is 7.52. The number of para-hydroxylation sites is 2. The zero-order chi connectivity index (χ0) is 16.5. The Kier molecular flexibility index (Phi) is 3.38. The number of imidazole rings is 1. The van der Waals surface area contributed by atoms with E-state index in [0.29, 0.717) is 5.82 Å². The van der Waals surface area contributed by atoms with Crippen molar-refractivity contribution in [1.82, 2.24) is 24.1 Å². The number of nitrogens with one attached hydrogen (secondary N) is 1. The van der Waals surface area contributed by atoms with E-state index in [1.807, 2.05) is 60.5 Å². The Balaban J connectivity index is 1.79. The second-order valence-electron chi connectivity index (χ2n) is 5.34. The largest absolute Gasteiger partial charge is 0.495 e. The molecule has 0 atom stereocenters. The van der Waals surface area contributed by atoms with Crippen LogP contribution in [0, 0.1) is 0 Å². The highest BCUT2D eigenvalue weighted by molar-refractivity contribution is 5.75. The molecule has 0 saturated carbocycles. The van der Waals surface area contributed by atoms with Crippen LogP contribution in [0.5, 0.6) is 5.75 Å². The zero-order valence-electron chi connectivity index (χ0n) is 13.3. The first kappa shape index (κ1) is 14.3. The Morgan fingerprint density at radius 2 is 2.00 bits per heavy atom. The van der Waals surface area contributed by atoms with Crippen LogP contribution in [0.2, 0.25) is 0 Å². The van der Waals surface area contributed by atoms with Crippen LogP contribution in [0.15, 0.2) is 55.2 Å². The highest BCUT2D eigenvalue weighted by Crippen LogP contribution is 2.29. The van der Waals surface area contributed by atoms with Crippen LogP contribution in [0.1, 0.15) is 0 Å². The van der Waals surface area contributed by atoms with E-state index in [1.165, 1.54) is 0 Å². The Bertz CT molecular complexity index is 1000. The SMILES string of the molecule is COc1ccccc1Nc1nccn2c(-c3cnn(C)c3)cnc12. The lowest BCUT2D eigenvalue weighted by Gasteiger charge is -2.11. The van der Waals surface area contributed by atoms with Crippen molar-refractivity contribution in [3.63, 3.8) is 0 Å². The summed E-state index contributed by atoms with van der Waals surface area (Å²) in [6.45, 7) is 0. The summed E-state index contributed by atoms with van der Waals surface area (Å²) in [6, 6.07) is 7.70. The molecule has 120 valence electrons. The van der Waals surface area contributed by atoms with Crippen LogP contribution in [0.4, 0.5) is 11.5 Å². The third-order valence-electron chi connectivity index (χ3n) is 3.79. The number of methoxy groups -OCH3 is 1. The third kappa shape index (κ3) is 2.36. The highest BCUT2D eigenvalue weighted by Gasteiger charge is 2.12. The van der Waals surface area contributed by atoms with Crippen LogP contribution < -0.4 is 10.1 Å². The van der Waals surface area contributed by atoms with E-state index in [0.717, 1.165) is 28.3 Å². The van der Waals surface area contributed by atoms with Crippen molar-refractivity contribution in [3.05, 3.63) is 55.2 Å². The summed E-state index contributed by atoms with van der Waals surface area (Å²) in [5.74, 6) is 1.41. The molecular weight excluding hydrogens is 304 g/mol. The fourth-order valence-corrected chi connectivity index (χ4v) is 2.65. The van der Waals surface area contributed by atoms with Crippen LogP contribution in [-0.2, 0) is 7.05 Å². The normalized spacial score (nSPS) is 10.9. The maximum atomic E-state index is 5.38. The standard InChI is InChI=1S/C17H16N6O/c1-22-11-12(9-20-22)14-10-19-17-16(18-7-8-23(14)17)21-13-5-3-4-6-15(13)24-2/h3-11H,1-2H3,(H,18,21). The predicted octanol–water partition coefficient (Wildman–Crippen LogP) is 2.88. The van der Waals surface area contributed by atoms with Crippen molar-refractivity contribution in [2.75, 3.05) is 12.4 Å². The number of hydrogen-bond donors (Lipinski definition) is 1. The fourth-order valence-electron chi connectivity index (χ4n) is 2.65. The van der Waals surface area contributed by atoms with Crippen molar-refractivity contribution in [2.45, 2.75) is 0 Å². The van der Waals surface area contributed by atoms with Gasteiger partial charge in [0.1, 0.15) is 5.75 Å². The molecule has 0 spiro atoms. The number of nitrogens with zero attached hydrogens (tertiary/aromatic N) is 5. The van der Waals surface area contributed by atoms with Gasteiger partial charge in [0.15, 0.2) is 11.5 Å². The van der Waals surface area contributed by atoms with Crippen molar-refractivity contribution >= 4 is 17.2 Å². The number of ether oxygens (including phenoxy) is 1. The first-order chi connectivity index (χ1) is 11.8. The van der Waals surface area contributed by atoms with Gasteiger partial charge in [-0.1, -0.05) is 12.1 Å². The van der Waals surface area contributed by atoms with Crippen LogP contribution in [0.25, 0.3) is 16.9 Å². The summed E-state index contributed by atoms with van der Waals surface area (Å²) in [7, 11) is 3.54. The lowest BCUT2D eigenvalue weighted by molar-refractivity contribution is 0.417. The molecule has 0 fully saturated rings. The van der Waals surface area contributed by atoms with Crippen molar-refractivity contribution in [1.29, 1.82) is 0 Å². The minimum absolute atomic E-state index is 0.664. The average Bonchev–Trinajstić information content (AvgIpc) is 3.22. The Morgan fingerprint density at radius 1 is 1.12 bits per heavy atom. The van der Waals surface area contributed by atoms with Crippen molar-refractivity contribution in [2.24, 2.45) is 7.05 Å². The zero-order valence-corrected chi connectivity index (χ0v) is 13.3. The predicted molar refractivity (Wildman–Crippen MR) is 91.5 cm³/mol. The highest BCUT2D eigenvalue weighted by atomic mass is 16.5. The Hall–Kier alpha value is -3.35. The summed E-state index contributed by atoms with van der Waals surface area (Å²) in [6.07, 6.45) is 9.22. The molecular formula is C17H16N6O. The fraction of sp³-hybridized carbons (Fsp3) is 0.118. The average molecular weight is 320 g/mol. The van der Waals surface area contributed by atoms with Crippen molar-refractivity contribution < 1.29 is 4.74 Å². The first-order valence-electron chi connectivity index (χ1n) is 7.47. The van der Waals surface area contributed by atoms with E-state index in [2.05, 4.69) is 20.4 Å². The summed E-state index contributed by atoms with van der Waals surface area (Å²) >= 11 is 0. The molecule has 3 aromatic heterocycles. The molecule has 7 nitrogen and oxygen atoms in total. The molecule has 1 aromatic carbocycles. The lowest BCUT2D eigenvalue weighted by Crippen LogP contribution is -2.00. The molecule has 4 rings (SSSR count). The number of aromatic nitrogens is 5. The van der Waals surface area contributed by atoms with E-state index in [-0.39, 0.29) is 0 Å². The van der Waals surface area contributed by atoms with E-state index in [4.69, 9.17) is 4.74 Å². The van der Waals surface area contributed by atoms with Crippen LogP contribution in [0.3, 0.4) is 0 Å². The van der Waals surface area contributed by atoms with Gasteiger partial charge in [-0.2, -0.15) is 5.10 Å². The van der Waals surface area contributed by atoms with E-state index in [9.17, 15) is 0 Å². The quantitative estimate of drug-likeness (QED) is 0.626. The molecule has 0 aliphatic heterocycles. The molecule has 7 heteroatoms. The van der Waals surface area contributed by atoms with Crippen LogP contribution in [-0.4, -0.2) is 31.3 Å². The van der Waals surface area contributed by atoms with Gasteiger partial charge in [-0.05, 0) is 12.1 Å². The summed E-state index contributed by atoms with van der Waals surface area (Å²) in [5.41, 5.74) is 3.54. The van der Waals surface area contributed by atoms with Gasteiger partial charge in [0.25, 0.3) is 0 Å². The van der Waals surface area contributed by atoms with Gasteiger partial charge in [-0.15, -0.1) is 0 Å². The maximum Gasteiger partial charge on any atom is 0.180 e. The van der Waals surface area contributed by atoms with Crippen LogP contribution >= 0.6 is 0 Å². The van der Waals surface area contributed by atoms with Gasteiger partial charge in [0.2, 0.25) is 0 Å². The second kappa shape index (κ2) is 5.69. The molecule has 0 radical (unpaired) electrons. The molecule has 0 bridgehead atoms.